The number of nitrogens with zero attached hydrogens (tertiary/aromatic N) is 2. The maximum Gasteiger partial charge on any atom is 0.142 e. The first kappa shape index (κ1) is 9.93. The molecule has 1 unspecified atom stereocenters. The van der Waals surface area contributed by atoms with E-state index in [9.17, 15) is 5.11 Å². The van der Waals surface area contributed by atoms with E-state index in [0.717, 1.165) is 11.1 Å². The third-order valence-corrected chi connectivity index (χ3v) is 2.59. The lowest BCUT2D eigenvalue weighted by Crippen LogP contribution is -2.08. The summed E-state index contributed by atoms with van der Waals surface area (Å²) in [5.74, 6) is 0.671. The normalized spacial score (nSPS) is 12.7. The fourth-order valence-corrected chi connectivity index (χ4v) is 1.67. The number of aryl methyl sites for hydroxylation is 2. The highest BCUT2D eigenvalue weighted by Crippen LogP contribution is 2.22. The monoisotopic (exact) mass is 202 g/mol. The molecule has 3 nitrogen and oxygen atoms in total. The molecular formula is C12H14N2O. The second-order valence-corrected chi connectivity index (χ2v) is 3.66. The lowest BCUT2D eigenvalue weighted by atomic mass is 10.0. The number of aliphatic hydroxyl groups excluding tert-OH is 1. The van der Waals surface area contributed by atoms with Crippen LogP contribution in [0.4, 0.5) is 0 Å². The minimum atomic E-state index is -0.647. The molecule has 2 rings (SSSR count). The summed E-state index contributed by atoms with van der Waals surface area (Å²) in [5.41, 5.74) is 1.99. The van der Waals surface area contributed by atoms with Gasteiger partial charge in [0, 0.05) is 19.4 Å². The Balaban J connectivity index is 2.41. The molecule has 1 heterocycles. The van der Waals surface area contributed by atoms with Crippen molar-refractivity contribution in [2.24, 2.45) is 7.05 Å². The van der Waals surface area contributed by atoms with Crippen molar-refractivity contribution in [1.82, 2.24) is 9.55 Å². The Kier molecular flexibility index (Phi) is 2.56. The molecule has 0 aliphatic carbocycles. The minimum Gasteiger partial charge on any atom is -0.380 e. The van der Waals surface area contributed by atoms with Crippen LogP contribution < -0.4 is 0 Å². The summed E-state index contributed by atoms with van der Waals surface area (Å²) in [6, 6.07) is 7.80. The van der Waals surface area contributed by atoms with E-state index in [2.05, 4.69) is 4.98 Å². The van der Waals surface area contributed by atoms with Crippen molar-refractivity contribution in [3.63, 3.8) is 0 Å². The molecule has 0 saturated carbocycles. The Hall–Kier alpha value is -1.61. The van der Waals surface area contributed by atoms with Gasteiger partial charge in [-0.1, -0.05) is 24.3 Å². The molecule has 0 aliphatic heterocycles. The van der Waals surface area contributed by atoms with Gasteiger partial charge in [-0.05, 0) is 18.1 Å². The first-order valence-corrected chi connectivity index (χ1v) is 4.91. The van der Waals surface area contributed by atoms with Gasteiger partial charge in [0.1, 0.15) is 11.9 Å². The first-order valence-electron chi connectivity index (χ1n) is 4.91. The van der Waals surface area contributed by atoms with E-state index in [1.807, 2.05) is 49.0 Å². The van der Waals surface area contributed by atoms with Crippen LogP contribution in [0.3, 0.4) is 0 Å². The van der Waals surface area contributed by atoms with Gasteiger partial charge in [0.25, 0.3) is 0 Å². The van der Waals surface area contributed by atoms with Crippen LogP contribution in [0.1, 0.15) is 23.1 Å². The molecule has 0 amide bonds. The molecule has 2 aromatic rings. The van der Waals surface area contributed by atoms with Gasteiger partial charge in [-0.2, -0.15) is 0 Å². The highest BCUT2D eigenvalue weighted by Gasteiger charge is 2.15. The van der Waals surface area contributed by atoms with Crippen molar-refractivity contribution in [2.75, 3.05) is 0 Å². The van der Waals surface area contributed by atoms with Gasteiger partial charge < -0.3 is 9.67 Å². The second kappa shape index (κ2) is 3.87. The van der Waals surface area contributed by atoms with Gasteiger partial charge in [-0.3, -0.25) is 0 Å². The van der Waals surface area contributed by atoms with E-state index in [1.54, 1.807) is 6.20 Å². The lowest BCUT2D eigenvalue weighted by molar-refractivity contribution is 0.205. The molecule has 78 valence electrons. The van der Waals surface area contributed by atoms with Crippen LogP contribution in [0.15, 0.2) is 36.7 Å². The van der Waals surface area contributed by atoms with Crippen molar-refractivity contribution in [2.45, 2.75) is 13.0 Å². The van der Waals surface area contributed by atoms with E-state index in [0.29, 0.717) is 5.82 Å². The molecule has 1 aromatic carbocycles. The van der Waals surface area contributed by atoms with Crippen molar-refractivity contribution in [1.29, 1.82) is 0 Å². The highest BCUT2D eigenvalue weighted by molar-refractivity contribution is 5.31. The van der Waals surface area contributed by atoms with Gasteiger partial charge in [0.15, 0.2) is 0 Å². The van der Waals surface area contributed by atoms with Crippen LogP contribution in [0.5, 0.6) is 0 Å². The number of hydrogen-bond donors (Lipinski definition) is 1. The van der Waals surface area contributed by atoms with Crippen LogP contribution >= 0.6 is 0 Å². The fraction of sp³-hybridized carbons (Fsp3) is 0.250. The Bertz CT molecular complexity index is 462. The van der Waals surface area contributed by atoms with Crippen molar-refractivity contribution < 1.29 is 5.11 Å². The number of rotatable bonds is 2. The van der Waals surface area contributed by atoms with Crippen LogP contribution in [-0.2, 0) is 7.05 Å². The van der Waals surface area contributed by atoms with E-state index < -0.39 is 6.10 Å². The molecular weight excluding hydrogens is 188 g/mol. The number of aliphatic hydroxyl groups is 1. The average molecular weight is 202 g/mol. The highest BCUT2D eigenvalue weighted by atomic mass is 16.3. The Morgan fingerprint density at radius 2 is 2.07 bits per heavy atom. The molecule has 0 fully saturated rings. The predicted molar refractivity (Wildman–Crippen MR) is 58.4 cm³/mol. The van der Waals surface area contributed by atoms with E-state index in [1.165, 1.54) is 0 Å². The summed E-state index contributed by atoms with van der Waals surface area (Å²) in [6.45, 7) is 1.99. The summed E-state index contributed by atoms with van der Waals surface area (Å²) in [7, 11) is 1.88. The van der Waals surface area contributed by atoms with Gasteiger partial charge in [-0.15, -0.1) is 0 Å². The minimum absolute atomic E-state index is 0.647. The summed E-state index contributed by atoms with van der Waals surface area (Å²) in [5, 5.41) is 10.2. The third-order valence-electron chi connectivity index (χ3n) is 2.59. The van der Waals surface area contributed by atoms with Crippen LogP contribution in [0.25, 0.3) is 0 Å². The fourth-order valence-electron chi connectivity index (χ4n) is 1.67. The molecule has 1 atom stereocenters. The molecule has 1 N–H and O–H groups in total. The molecule has 0 saturated heterocycles. The zero-order valence-corrected chi connectivity index (χ0v) is 8.88. The SMILES string of the molecule is Cc1ccccc1C(O)c1nccn1C. The second-order valence-electron chi connectivity index (χ2n) is 3.66. The number of aromatic nitrogens is 2. The van der Waals surface area contributed by atoms with Crippen LogP contribution in [-0.4, -0.2) is 14.7 Å². The van der Waals surface area contributed by atoms with E-state index >= 15 is 0 Å². The topological polar surface area (TPSA) is 38.1 Å². The molecule has 0 aliphatic rings. The smallest absolute Gasteiger partial charge is 0.142 e. The number of hydrogen-bond acceptors (Lipinski definition) is 2. The zero-order chi connectivity index (χ0) is 10.8. The molecule has 15 heavy (non-hydrogen) atoms. The summed E-state index contributed by atoms with van der Waals surface area (Å²) in [4.78, 5) is 4.15. The van der Waals surface area contributed by atoms with E-state index in [-0.39, 0.29) is 0 Å². The predicted octanol–water partition coefficient (Wildman–Crippen LogP) is 1.81. The quantitative estimate of drug-likeness (QED) is 0.806. The maximum atomic E-state index is 10.2. The van der Waals surface area contributed by atoms with Crippen molar-refractivity contribution in [3.05, 3.63) is 53.6 Å². The van der Waals surface area contributed by atoms with Crippen LogP contribution in [0.2, 0.25) is 0 Å². The van der Waals surface area contributed by atoms with Crippen molar-refractivity contribution >= 4 is 0 Å². The molecule has 3 heteroatoms. The van der Waals surface area contributed by atoms with E-state index in [4.69, 9.17) is 0 Å². The average Bonchev–Trinajstić information content (AvgIpc) is 2.64. The zero-order valence-electron chi connectivity index (χ0n) is 8.88. The van der Waals surface area contributed by atoms with Crippen molar-refractivity contribution in [3.8, 4) is 0 Å². The molecule has 0 spiro atoms. The number of imidazole rings is 1. The molecule has 0 radical (unpaired) electrons. The first-order chi connectivity index (χ1) is 7.20. The maximum absolute atomic E-state index is 10.2. The lowest BCUT2D eigenvalue weighted by Gasteiger charge is -2.13. The van der Waals surface area contributed by atoms with Gasteiger partial charge >= 0.3 is 0 Å². The third kappa shape index (κ3) is 1.78. The summed E-state index contributed by atoms with van der Waals surface area (Å²) < 4.78 is 1.83. The van der Waals surface area contributed by atoms with Gasteiger partial charge in [-0.25, -0.2) is 4.98 Å². The Labute approximate surface area is 89.0 Å². The largest absolute Gasteiger partial charge is 0.380 e. The molecule has 0 bridgehead atoms. The van der Waals surface area contributed by atoms with Crippen LogP contribution in [0, 0.1) is 6.92 Å². The summed E-state index contributed by atoms with van der Waals surface area (Å²) >= 11 is 0. The molecule has 1 aromatic heterocycles. The summed E-state index contributed by atoms with van der Waals surface area (Å²) in [6.07, 6.45) is 2.87. The standard InChI is InChI=1S/C12H14N2O/c1-9-5-3-4-6-10(9)11(15)12-13-7-8-14(12)2/h3-8,11,15H,1-2H3. The Morgan fingerprint density at radius 3 is 2.67 bits per heavy atom. The Morgan fingerprint density at radius 1 is 1.33 bits per heavy atom. The van der Waals surface area contributed by atoms with Gasteiger partial charge in [0.2, 0.25) is 0 Å². The van der Waals surface area contributed by atoms with Gasteiger partial charge in [0.05, 0.1) is 0 Å². The number of benzene rings is 1.